The fraction of sp³-hybridized carbons (Fsp3) is 0.591. The Morgan fingerprint density at radius 2 is 2.06 bits per heavy atom. The van der Waals surface area contributed by atoms with Crippen LogP contribution < -0.4 is 5.73 Å². The molecule has 2 aromatic rings. The molecule has 1 fully saturated rings. The van der Waals surface area contributed by atoms with Crippen molar-refractivity contribution in [2.45, 2.75) is 52.4 Å². The lowest BCUT2D eigenvalue weighted by Crippen LogP contribution is -2.36. The zero-order valence-electron chi connectivity index (χ0n) is 18.5. The van der Waals surface area contributed by atoms with Crippen molar-refractivity contribution in [2.24, 2.45) is 18.9 Å². The average molecular weight is 447 g/mol. The van der Waals surface area contributed by atoms with E-state index < -0.39 is 0 Å². The fourth-order valence-electron chi connectivity index (χ4n) is 4.18. The molecule has 168 valence electrons. The molecule has 31 heavy (non-hydrogen) atoms. The Balaban J connectivity index is 1.51. The maximum atomic E-state index is 12.9. The van der Waals surface area contributed by atoms with E-state index in [1.54, 1.807) is 30.9 Å². The number of anilines is 1. The molecule has 1 unspecified atom stereocenters. The van der Waals surface area contributed by atoms with Crippen molar-refractivity contribution in [3.8, 4) is 0 Å². The summed E-state index contributed by atoms with van der Waals surface area (Å²) in [6, 6.07) is 1.69. The van der Waals surface area contributed by atoms with Gasteiger partial charge in [-0.3, -0.25) is 14.3 Å². The van der Waals surface area contributed by atoms with Gasteiger partial charge in [0.15, 0.2) is 5.78 Å². The van der Waals surface area contributed by atoms with E-state index in [2.05, 4.69) is 15.1 Å². The van der Waals surface area contributed by atoms with Crippen LogP contribution in [0.2, 0.25) is 5.15 Å². The molecule has 8 nitrogen and oxygen atoms in total. The van der Waals surface area contributed by atoms with E-state index >= 15 is 0 Å². The van der Waals surface area contributed by atoms with Gasteiger partial charge in [0.25, 0.3) is 0 Å². The molecule has 0 saturated carbocycles. The molecule has 3 heterocycles. The van der Waals surface area contributed by atoms with E-state index in [0.717, 1.165) is 44.2 Å². The normalized spacial score (nSPS) is 17.9. The second-order valence-corrected chi connectivity index (χ2v) is 8.85. The zero-order valence-corrected chi connectivity index (χ0v) is 19.2. The van der Waals surface area contributed by atoms with Crippen molar-refractivity contribution < 1.29 is 9.59 Å². The summed E-state index contributed by atoms with van der Waals surface area (Å²) < 4.78 is 1.60. The van der Waals surface area contributed by atoms with Crippen LogP contribution in [0, 0.1) is 18.8 Å². The summed E-state index contributed by atoms with van der Waals surface area (Å²) in [5.74, 6) is 1.11. The smallest absolute Gasteiger partial charge is 0.225 e. The molecule has 3 rings (SSSR count). The van der Waals surface area contributed by atoms with E-state index in [9.17, 15) is 9.59 Å². The fourth-order valence-corrected chi connectivity index (χ4v) is 4.50. The average Bonchev–Trinajstić information content (AvgIpc) is 3.01. The third kappa shape index (κ3) is 6.03. The molecule has 1 aliphatic heterocycles. The first kappa shape index (κ1) is 23.2. The van der Waals surface area contributed by atoms with Gasteiger partial charge in [0, 0.05) is 44.2 Å². The Hall–Kier alpha value is -2.48. The third-order valence-corrected chi connectivity index (χ3v) is 6.29. The number of halogens is 1. The van der Waals surface area contributed by atoms with Crippen molar-refractivity contribution in [1.29, 1.82) is 0 Å². The summed E-state index contributed by atoms with van der Waals surface area (Å²) in [6.07, 6.45) is 6.51. The van der Waals surface area contributed by atoms with Gasteiger partial charge < -0.3 is 10.6 Å². The lowest BCUT2D eigenvalue weighted by atomic mass is 9.93. The number of nitrogens with two attached hydrogens (primary N) is 1. The quantitative estimate of drug-likeness (QED) is 0.516. The summed E-state index contributed by atoms with van der Waals surface area (Å²) in [5.41, 5.74) is 7.25. The van der Waals surface area contributed by atoms with Crippen LogP contribution >= 0.6 is 11.6 Å². The highest BCUT2D eigenvalue weighted by molar-refractivity contribution is 6.30. The third-order valence-electron chi connectivity index (χ3n) is 5.97. The van der Waals surface area contributed by atoms with Gasteiger partial charge in [-0.15, -0.1) is 0 Å². The Kier molecular flexibility index (Phi) is 7.64. The molecule has 1 aliphatic rings. The molecule has 1 amide bonds. The largest absolute Gasteiger partial charge is 0.383 e. The molecule has 0 aliphatic carbocycles. The van der Waals surface area contributed by atoms with E-state index in [4.69, 9.17) is 17.3 Å². The summed E-state index contributed by atoms with van der Waals surface area (Å²) >= 11 is 6.25. The minimum absolute atomic E-state index is 0.0455. The van der Waals surface area contributed by atoms with Crippen molar-refractivity contribution in [3.63, 3.8) is 0 Å². The number of hydrogen-bond donors (Lipinski definition) is 1. The predicted molar refractivity (Wildman–Crippen MR) is 120 cm³/mol. The summed E-state index contributed by atoms with van der Waals surface area (Å²) in [4.78, 5) is 35.7. The Morgan fingerprint density at radius 1 is 1.29 bits per heavy atom. The van der Waals surface area contributed by atoms with E-state index in [-0.39, 0.29) is 24.0 Å². The molecule has 0 bridgehead atoms. The van der Waals surface area contributed by atoms with Crippen LogP contribution in [-0.4, -0.2) is 49.4 Å². The molecule has 1 saturated heterocycles. The van der Waals surface area contributed by atoms with Gasteiger partial charge in [0.1, 0.15) is 22.5 Å². The number of nitrogen functional groups attached to an aromatic ring is 1. The van der Waals surface area contributed by atoms with E-state index in [1.807, 2.05) is 11.8 Å². The summed E-state index contributed by atoms with van der Waals surface area (Å²) in [7, 11) is 1.77. The first-order chi connectivity index (χ1) is 14.7. The number of aryl methyl sites for hydroxylation is 2. The molecular formula is C22H31ClN6O2. The topological polar surface area (TPSA) is 107 Å². The van der Waals surface area contributed by atoms with Gasteiger partial charge >= 0.3 is 0 Å². The second-order valence-electron chi connectivity index (χ2n) is 8.49. The lowest BCUT2D eigenvalue weighted by Gasteiger charge is -2.24. The number of carbonyl (C=O) groups excluding carboxylic acids is 2. The van der Waals surface area contributed by atoms with Crippen LogP contribution in [-0.2, 0) is 18.3 Å². The number of nitrogens with zero attached hydrogens (tertiary/aromatic N) is 5. The predicted octanol–water partition coefficient (Wildman–Crippen LogP) is 3.22. The maximum Gasteiger partial charge on any atom is 0.225 e. The number of aromatic nitrogens is 4. The molecule has 2 N–H and O–H groups in total. The molecule has 2 atom stereocenters. The highest BCUT2D eigenvalue weighted by atomic mass is 35.5. The highest BCUT2D eigenvalue weighted by Gasteiger charge is 2.26. The van der Waals surface area contributed by atoms with Crippen molar-refractivity contribution >= 4 is 29.1 Å². The van der Waals surface area contributed by atoms with Crippen LogP contribution in [0.4, 0.5) is 5.82 Å². The van der Waals surface area contributed by atoms with Gasteiger partial charge in [-0.1, -0.05) is 18.5 Å². The summed E-state index contributed by atoms with van der Waals surface area (Å²) in [6.45, 7) is 5.04. The number of Topliss-reactive ketones (excluding diaryl/α,β-unsaturated/α-hetero) is 1. The van der Waals surface area contributed by atoms with Crippen LogP contribution in [0.15, 0.2) is 12.3 Å². The van der Waals surface area contributed by atoms with Gasteiger partial charge in [-0.25, -0.2) is 9.97 Å². The zero-order chi connectivity index (χ0) is 22.5. The van der Waals surface area contributed by atoms with Gasteiger partial charge in [0.05, 0.1) is 0 Å². The molecule has 0 spiro atoms. The van der Waals surface area contributed by atoms with E-state index in [0.29, 0.717) is 35.0 Å². The second kappa shape index (κ2) is 10.2. The minimum atomic E-state index is -0.352. The lowest BCUT2D eigenvalue weighted by molar-refractivity contribution is -0.134. The van der Waals surface area contributed by atoms with Crippen LogP contribution in [0.5, 0.6) is 0 Å². The first-order valence-electron chi connectivity index (χ1n) is 10.8. The van der Waals surface area contributed by atoms with Gasteiger partial charge in [0.2, 0.25) is 5.91 Å². The van der Waals surface area contributed by atoms with Crippen molar-refractivity contribution in [3.05, 3.63) is 34.5 Å². The van der Waals surface area contributed by atoms with Crippen molar-refractivity contribution in [2.75, 3.05) is 18.8 Å². The highest BCUT2D eigenvalue weighted by Crippen LogP contribution is 2.27. The first-order valence-corrected chi connectivity index (χ1v) is 11.2. The SMILES string of the molecule is Cc1nc(N)c(CCC2CCCN(C(=O)[C@H](C)CC(=O)c3ccn(C)n3)CC2)c(Cl)n1. The molecular weight excluding hydrogens is 416 g/mol. The van der Waals surface area contributed by atoms with Crippen molar-refractivity contribution in [1.82, 2.24) is 24.6 Å². The van der Waals surface area contributed by atoms with Gasteiger partial charge in [-0.05, 0) is 51.0 Å². The molecule has 2 aromatic heterocycles. The Morgan fingerprint density at radius 3 is 2.74 bits per heavy atom. The van der Waals surface area contributed by atoms with Gasteiger partial charge in [-0.2, -0.15) is 5.10 Å². The standard InChI is InChI=1S/C22H31ClN6O2/c1-14(13-19(30)18-9-11-28(3)27-18)22(31)29-10-4-5-16(8-12-29)6-7-17-20(23)25-15(2)26-21(17)24/h9,11,14,16H,4-8,10,12-13H2,1-3H3,(H2,24,25,26)/t14-,16?/m1/s1. The van der Waals surface area contributed by atoms with Crippen LogP contribution in [0.1, 0.15) is 60.9 Å². The monoisotopic (exact) mass is 446 g/mol. The summed E-state index contributed by atoms with van der Waals surface area (Å²) in [5, 5.41) is 4.57. The number of ketones is 1. The Bertz CT molecular complexity index is 921. The Labute approximate surface area is 188 Å². The number of likely N-dealkylation sites (tertiary alicyclic amines) is 1. The molecule has 0 aromatic carbocycles. The molecule has 0 radical (unpaired) electrons. The van der Waals surface area contributed by atoms with Crippen LogP contribution in [0.3, 0.4) is 0 Å². The number of carbonyl (C=O) groups is 2. The minimum Gasteiger partial charge on any atom is -0.383 e. The number of hydrogen-bond acceptors (Lipinski definition) is 6. The van der Waals surface area contributed by atoms with Crippen LogP contribution in [0.25, 0.3) is 0 Å². The maximum absolute atomic E-state index is 12.9. The number of rotatable bonds is 7. The molecule has 9 heteroatoms. The van der Waals surface area contributed by atoms with E-state index in [1.165, 1.54) is 0 Å². The number of amides is 1.